The number of nitrogen functional groups attached to an aromatic ring is 1. The summed E-state index contributed by atoms with van der Waals surface area (Å²) in [6.45, 7) is 7.94. The number of carbonyl (C=O) groups is 1. The predicted octanol–water partition coefficient (Wildman–Crippen LogP) is 2.64. The SMILES string of the molecule is C[C@H]1O[C@@H](c2ccncc2N)C[C@H]2N(C(=O)OC(C)(C)C)CCC[C@@]12O. The molecule has 7 heteroatoms. The minimum Gasteiger partial charge on any atom is -0.444 e. The zero-order chi connectivity index (χ0) is 19.1. The highest BCUT2D eigenvalue weighted by molar-refractivity contribution is 5.69. The lowest BCUT2D eigenvalue weighted by Gasteiger charge is -2.54. The fraction of sp³-hybridized carbons (Fsp3) is 0.684. The molecular weight excluding hydrogens is 334 g/mol. The molecule has 1 aromatic heterocycles. The molecule has 26 heavy (non-hydrogen) atoms. The number of hydrogen-bond acceptors (Lipinski definition) is 6. The van der Waals surface area contributed by atoms with Crippen LogP contribution in [0.1, 0.15) is 58.6 Å². The zero-order valence-corrected chi connectivity index (χ0v) is 15.9. The highest BCUT2D eigenvalue weighted by atomic mass is 16.6. The van der Waals surface area contributed by atoms with Crippen molar-refractivity contribution in [1.82, 2.24) is 9.88 Å². The van der Waals surface area contributed by atoms with E-state index in [0.29, 0.717) is 31.5 Å². The molecular formula is C19H29N3O4. The van der Waals surface area contributed by atoms with E-state index in [4.69, 9.17) is 15.2 Å². The third-order valence-electron chi connectivity index (χ3n) is 5.30. The van der Waals surface area contributed by atoms with E-state index < -0.39 is 23.4 Å². The Labute approximate surface area is 154 Å². The molecule has 144 valence electrons. The zero-order valence-electron chi connectivity index (χ0n) is 15.9. The Bertz CT molecular complexity index is 675. The number of aromatic nitrogens is 1. The lowest BCUT2D eigenvalue weighted by Crippen LogP contribution is -2.66. The van der Waals surface area contributed by atoms with Crippen LogP contribution in [0.15, 0.2) is 18.5 Å². The van der Waals surface area contributed by atoms with Gasteiger partial charge in [0.1, 0.15) is 11.2 Å². The minimum atomic E-state index is -1.09. The van der Waals surface area contributed by atoms with Crippen LogP contribution in [0.3, 0.4) is 0 Å². The van der Waals surface area contributed by atoms with Gasteiger partial charge < -0.3 is 25.2 Å². The molecule has 0 radical (unpaired) electrons. The Kier molecular flexibility index (Phi) is 4.88. The van der Waals surface area contributed by atoms with Crippen LogP contribution >= 0.6 is 0 Å². The van der Waals surface area contributed by atoms with Gasteiger partial charge in [0.15, 0.2) is 0 Å². The first kappa shape index (κ1) is 18.9. The fourth-order valence-electron chi connectivity index (χ4n) is 4.00. The van der Waals surface area contributed by atoms with Crippen LogP contribution < -0.4 is 5.73 Å². The molecule has 2 saturated heterocycles. The van der Waals surface area contributed by atoms with Gasteiger partial charge in [-0.05, 0) is 46.6 Å². The predicted molar refractivity (Wildman–Crippen MR) is 97.5 cm³/mol. The molecule has 0 unspecified atom stereocenters. The van der Waals surface area contributed by atoms with Crippen LogP contribution in [-0.2, 0) is 9.47 Å². The summed E-state index contributed by atoms with van der Waals surface area (Å²) >= 11 is 0. The highest BCUT2D eigenvalue weighted by Crippen LogP contribution is 2.45. The normalized spacial score (nSPS) is 32.0. The van der Waals surface area contributed by atoms with Gasteiger partial charge in [-0.1, -0.05) is 0 Å². The van der Waals surface area contributed by atoms with Gasteiger partial charge in [0, 0.05) is 24.7 Å². The van der Waals surface area contributed by atoms with Gasteiger partial charge >= 0.3 is 6.09 Å². The van der Waals surface area contributed by atoms with Crippen molar-refractivity contribution in [3.05, 3.63) is 24.0 Å². The maximum absolute atomic E-state index is 12.7. The lowest BCUT2D eigenvalue weighted by atomic mass is 9.75. The van der Waals surface area contributed by atoms with E-state index in [-0.39, 0.29) is 12.1 Å². The van der Waals surface area contributed by atoms with Crippen molar-refractivity contribution < 1.29 is 19.4 Å². The van der Waals surface area contributed by atoms with E-state index in [0.717, 1.165) is 5.56 Å². The number of likely N-dealkylation sites (tertiary alicyclic amines) is 1. The van der Waals surface area contributed by atoms with Gasteiger partial charge in [-0.15, -0.1) is 0 Å². The van der Waals surface area contributed by atoms with Crippen molar-refractivity contribution in [1.29, 1.82) is 0 Å². The Morgan fingerprint density at radius 2 is 2.23 bits per heavy atom. The topological polar surface area (TPSA) is 97.9 Å². The van der Waals surface area contributed by atoms with Gasteiger partial charge in [0.05, 0.1) is 30.1 Å². The molecule has 0 bridgehead atoms. The van der Waals surface area contributed by atoms with Crippen molar-refractivity contribution in [2.75, 3.05) is 12.3 Å². The molecule has 4 atom stereocenters. The van der Waals surface area contributed by atoms with Gasteiger partial charge in [0.2, 0.25) is 0 Å². The third-order valence-corrected chi connectivity index (χ3v) is 5.30. The number of ether oxygens (including phenoxy) is 2. The number of aliphatic hydroxyl groups is 1. The molecule has 0 aliphatic carbocycles. The fourth-order valence-corrected chi connectivity index (χ4v) is 4.00. The van der Waals surface area contributed by atoms with Gasteiger partial charge in [-0.2, -0.15) is 0 Å². The lowest BCUT2D eigenvalue weighted by molar-refractivity contribution is -0.218. The summed E-state index contributed by atoms with van der Waals surface area (Å²) < 4.78 is 11.7. The van der Waals surface area contributed by atoms with E-state index in [2.05, 4.69) is 4.98 Å². The summed E-state index contributed by atoms with van der Waals surface area (Å²) in [5, 5.41) is 11.3. The molecule has 1 amide bonds. The number of hydrogen-bond donors (Lipinski definition) is 2. The molecule has 7 nitrogen and oxygen atoms in total. The summed E-state index contributed by atoms with van der Waals surface area (Å²) in [7, 11) is 0. The van der Waals surface area contributed by atoms with Crippen LogP contribution in [-0.4, -0.2) is 51.0 Å². The number of amides is 1. The number of pyridine rings is 1. The smallest absolute Gasteiger partial charge is 0.410 e. The first-order valence-electron chi connectivity index (χ1n) is 9.18. The molecule has 2 aliphatic heterocycles. The molecule has 3 N–H and O–H groups in total. The summed E-state index contributed by atoms with van der Waals surface area (Å²) in [6, 6.07) is 1.45. The molecule has 0 saturated carbocycles. The number of nitrogens with zero attached hydrogens (tertiary/aromatic N) is 2. The van der Waals surface area contributed by atoms with Crippen LogP contribution in [0.2, 0.25) is 0 Å². The third kappa shape index (κ3) is 3.50. The molecule has 3 heterocycles. The van der Waals surface area contributed by atoms with Gasteiger partial charge in [-0.25, -0.2) is 4.79 Å². The van der Waals surface area contributed by atoms with Crippen molar-refractivity contribution in [2.45, 2.75) is 76.4 Å². The quantitative estimate of drug-likeness (QED) is 0.796. The Morgan fingerprint density at radius 1 is 1.50 bits per heavy atom. The average molecular weight is 363 g/mol. The van der Waals surface area contributed by atoms with Crippen LogP contribution in [0, 0.1) is 0 Å². The minimum absolute atomic E-state index is 0.304. The molecule has 2 aliphatic rings. The summed E-state index contributed by atoms with van der Waals surface area (Å²) in [6.07, 6.45) is 3.91. The maximum atomic E-state index is 12.7. The number of anilines is 1. The van der Waals surface area contributed by atoms with Gasteiger partial charge in [-0.3, -0.25) is 4.98 Å². The van der Waals surface area contributed by atoms with E-state index in [1.165, 1.54) is 0 Å². The van der Waals surface area contributed by atoms with Crippen molar-refractivity contribution in [3.8, 4) is 0 Å². The average Bonchev–Trinajstić information content (AvgIpc) is 2.54. The molecule has 0 aromatic carbocycles. The first-order valence-corrected chi connectivity index (χ1v) is 9.18. The van der Waals surface area contributed by atoms with E-state index in [9.17, 15) is 9.90 Å². The highest BCUT2D eigenvalue weighted by Gasteiger charge is 2.54. The van der Waals surface area contributed by atoms with Crippen LogP contribution in [0.4, 0.5) is 10.5 Å². The standard InChI is InChI=1S/C19H29N3O4/c1-12-19(24)7-5-9-22(17(23)26-18(2,3)4)16(19)10-15(25-12)13-6-8-21-11-14(13)20/h6,8,11-12,15-16,24H,5,7,9-10,20H2,1-4H3/t12-,15-,16-,19-/m1/s1. The van der Waals surface area contributed by atoms with Crippen molar-refractivity contribution in [2.24, 2.45) is 0 Å². The van der Waals surface area contributed by atoms with Crippen LogP contribution in [0.25, 0.3) is 0 Å². The second-order valence-corrected chi connectivity index (χ2v) is 8.29. The van der Waals surface area contributed by atoms with Crippen molar-refractivity contribution >= 4 is 11.8 Å². The second-order valence-electron chi connectivity index (χ2n) is 8.29. The molecule has 1 aromatic rings. The molecule has 2 fully saturated rings. The summed E-state index contributed by atoms with van der Waals surface area (Å²) in [4.78, 5) is 18.4. The number of carbonyl (C=O) groups excluding carboxylic acids is 1. The number of nitrogens with two attached hydrogens (primary N) is 1. The van der Waals surface area contributed by atoms with Crippen LogP contribution in [0.5, 0.6) is 0 Å². The Hall–Kier alpha value is -1.86. The number of rotatable bonds is 1. The largest absolute Gasteiger partial charge is 0.444 e. The summed E-state index contributed by atoms with van der Waals surface area (Å²) in [5.41, 5.74) is 5.78. The first-order chi connectivity index (χ1) is 12.1. The number of fused-ring (bicyclic) bond motifs is 1. The van der Waals surface area contributed by atoms with E-state index in [1.54, 1.807) is 17.3 Å². The van der Waals surface area contributed by atoms with E-state index >= 15 is 0 Å². The molecule has 3 rings (SSSR count). The van der Waals surface area contributed by atoms with E-state index in [1.807, 2.05) is 33.8 Å². The second kappa shape index (κ2) is 6.70. The summed E-state index contributed by atoms with van der Waals surface area (Å²) in [5.74, 6) is 0. The number of piperidine rings is 1. The van der Waals surface area contributed by atoms with Crippen molar-refractivity contribution in [3.63, 3.8) is 0 Å². The van der Waals surface area contributed by atoms with Gasteiger partial charge in [0.25, 0.3) is 0 Å². The maximum Gasteiger partial charge on any atom is 0.410 e. The Balaban J connectivity index is 1.89. The monoisotopic (exact) mass is 363 g/mol. The Morgan fingerprint density at radius 3 is 2.88 bits per heavy atom. The molecule has 0 spiro atoms.